The fraction of sp³-hybridized carbons (Fsp3) is 0.429. The predicted octanol–water partition coefficient (Wildman–Crippen LogP) is 3.37. The number of nitrogens with one attached hydrogen (secondary N) is 2. The molecule has 2 atom stereocenters. The van der Waals surface area contributed by atoms with Gasteiger partial charge < -0.3 is 10.6 Å². The molecule has 2 heterocycles. The summed E-state index contributed by atoms with van der Waals surface area (Å²) in [7, 11) is -3.53. The van der Waals surface area contributed by atoms with Crippen molar-refractivity contribution in [2.75, 3.05) is 18.4 Å². The van der Waals surface area contributed by atoms with Crippen molar-refractivity contribution in [3.63, 3.8) is 0 Å². The lowest BCUT2D eigenvalue weighted by Crippen LogP contribution is -2.39. The first-order chi connectivity index (χ1) is 14.3. The number of carbonyl (C=O) groups excluding carboxylic acids is 2. The fourth-order valence-electron chi connectivity index (χ4n) is 3.58. The largest absolute Gasteiger partial charge is 0.348 e. The third kappa shape index (κ3) is 5.68. The van der Waals surface area contributed by atoms with E-state index in [9.17, 15) is 18.0 Å². The van der Waals surface area contributed by atoms with Gasteiger partial charge in [-0.3, -0.25) is 9.59 Å². The Morgan fingerprint density at radius 2 is 1.97 bits per heavy atom. The fourth-order valence-corrected chi connectivity index (χ4v) is 5.96. The van der Waals surface area contributed by atoms with Crippen LogP contribution in [0.4, 0.5) is 5.69 Å². The van der Waals surface area contributed by atoms with Gasteiger partial charge >= 0.3 is 0 Å². The first-order valence-corrected chi connectivity index (χ1v) is 12.3. The van der Waals surface area contributed by atoms with Gasteiger partial charge in [-0.05, 0) is 54.5 Å². The normalized spacial score (nSPS) is 18.5. The van der Waals surface area contributed by atoms with E-state index < -0.39 is 16.1 Å². The number of hydrogen-bond donors (Lipinski definition) is 2. The predicted molar refractivity (Wildman–Crippen MR) is 118 cm³/mol. The van der Waals surface area contributed by atoms with Gasteiger partial charge in [0.1, 0.15) is 0 Å². The van der Waals surface area contributed by atoms with Gasteiger partial charge in [-0.1, -0.05) is 13.0 Å². The van der Waals surface area contributed by atoms with Crippen molar-refractivity contribution >= 4 is 38.9 Å². The molecule has 0 spiro atoms. The van der Waals surface area contributed by atoms with Crippen LogP contribution in [0.5, 0.6) is 0 Å². The molecule has 2 aromatic rings. The van der Waals surface area contributed by atoms with E-state index >= 15 is 0 Å². The highest BCUT2D eigenvalue weighted by Crippen LogP contribution is 2.25. The van der Waals surface area contributed by atoms with Gasteiger partial charge in [0.15, 0.2) is 0 Å². The van der Waals surface area contributed by atoms with Gasteiger partial charge in [0.05, 0.1) is 17.4 Å². The van der Waals surface area contributed by atoms with Crippen molar-refractivity contribution in [1.29, 1.82) is 0 Å². The number of anilines is 1. The quantitative estimate of drug-likeness (QED) is 0.677. The molecule has 9 heteroatoms. The molecule has 1 aromatic heterocycles. The van der Waals surface area contributed by atoms with Gasteiger partial charge in [-0.15, -0.1) is 11.3 Å². The molecule has 1 aromatic carbocycles. The summed E-state index contributed by atoms with van der Waals surface area (Å²) in [5, 5.41) is 7.47. The molecule has 162 valence electrons. The minimum Gasteiger partial charge on any atom is -0.348 e. The molecule has 1 aliphatic rings. The van der Waals surface area contributed by atoms with Crippen LogP contribution >= 0.6 is 11.3 Å². The minimum absolute atomic E-state index is 0.0891. The number of carbonyl (C=O) groups is 2. The second kappa shape index (κ2) is 9.72. The summed E-state index contributed by atoms with van der Waals surface area (Å²) in [6.07, 6.45) is 2.00. The Labute approximate surface area is 181 Å². The number of hydrogen-bond acceptors (Lipinski definition) is 5. The third-order valence-corrected chi connectivity index (χ3v) is 7.91. The molecular weight excluding hydrogens is 422 g/mol. The topological polar surface area (TPSA) is 95.6 Å². The number of nitrogens with zero attached hydrogens (tertiary/aromatic N) is 1. The van der Waals surface area contributed by atoms with Crippen molar-refractivity contribution in [3.05, 3.63) is 46.7 Å². The van der Waals surface area contributed by atoms with Crippen molar-refractivity contribution in [2.24, 2.45) is 5.92 Å². The van der Waals surface area contributed by atoms with Gasteiger partial charge in [-0.2, -0.15) is 4.31 Å². The van der Waals surface area contributed by atoms with Gasteiger partial charge in [-0.25, -0.2) is 8.42 Å². The highest BCUT2D eigenvalue weighted by Gasteiger charge is 2.28. The first-order valence-electron chi connectivity index (χ1n) is 9.96. The van der Waals surface area contributed by atoms with E-state index in [-0.39, 0.29) is 23.1 Å². The Bertz CT molecular complexity index is 972. The highest BCUT2D eigenvalue weighted by atomic mass is 32.2. The van der Waals surface area contributed by atoms with Crippen molar-refractivity contribution in [2.45, 2.75) is 44.0 Å². The van der Waals surface area contributed by atoms with E-state index in [0.29, 0.717) is 24.7 Å². The number of amides is 2. The maximum atomic E-state index is 12.8. The van der Waals surface area contributed by atoms with E-state index in [4.69, 9.17) is 0 Å². The average Bonchev–Trinajstić information content (AvgIpc) is 3.22. The summed E-state index contributed by atoms with van der Waals surface area (Å²) in [5.74, 6) is -0.114. The summed E-state index contributed by atoms with van der Waals surface area (Å²) in [6.45, 7) is 4.55. The van der Waals surface area contributed by atoms with Crippen LogP contribution in [0.1, 0.15) is 44.0 Å². The van der Waals surface area contributed by atoms with Gasteiger partial charge in [0.2, 0.25) is 21.8 Å². The lowest BCUT2D eigenvalue weighted by molar-refractivity contribution is -0.120. The molecule has 1 fully saturated rings. The van der Waals surface area contributed by atoms with Crippen molar-refractivity contribution in [1.82, 2.24) is 9.62 Å². The van der Waals surface area contributed by atoms with Gasteiger partial charge in [0.25, 0.3) is 0 Å². The smallest absolute Gasteiger partial charge is 0.243 e. The van der Waals surface area contributed by atoms with Crippen LogP contribution in [-0.2, 0) is 19.6 Å². The van der Waals surface area contributed by atoms with Crippen LogP contribution in [-0.4, -0.2) is 37.6 Å². The molecule has 7 nitrogen and oxygen atoms in total. The Kier molecular flexibility index (Phi) is 7.27. The van der Waals surface area contributed by atoms with Gasteiger partial charge in [0, 0.05) is 30.6 Å². The standard InChI is InChI=1S/C21H27N3O4S2/c1-15-5-3-11-24(14-15)30(27,28)18-9-7-17(8-10-18)23-21(26)13-19(22-16(2)25)20-6-4-12-29-20/h4,6-10,12,15,19H,3,5,11,13-14H2,1-2H3,(H,22,25)(H,23,26)/t15-,19+/m1/s1. The SMILES string of the molecule is CC(=O)N[C@@H](CC(=O)Nc1ccc(S(=O)(=O)N2CCC[C@@H](C)C2)cc1)c1cccs1. The monoisotopic (exact) mass is 449 g/mol. The van der Waals surface area contributed by atoms with E-state index in [2.05, 4.69) is 17.6 Å². The van der Waals surface area contributed by atoms with Crippen molar-refractivity contribution < 1.29 is 18.0 Å². The molecule has 1 saturated heterocycles. The third-order valence-electron chi connectivity index (χ3n) is 5.05. The molecule has 30 heavy (non-hydrogen) atoms. The van der Waals surface area contributed by atoms with Crippen molar-refractivity contribution in [3.8, 4) is 0 Å². The zero-order valence-electron chi connectivity index (χ0n) is 17.1. The Morgan fingerprint density at radius 3 is 2.57 bits per heavy atom. The molecule has 0 saturated carbocycles. The molecule has 3 rings (SSSR count). The second-order valence-electron chi connectivity index (χ2n) is 7.66. The number of thiophene rings is 1. The van der Waals surface area contributed by atoms with E-state index in [1.54, 1.807) is 12.1 Å². The summed E-state index contributed by atoms with van der Waals surface area (Å²) >= 11 is 1.47. The Morgan fingerprint density at radius 1 is 1.23 bits per heavy atom. The minimum atomic E-state index is -3.53. The van der Waals surface area contributed by atoms with Crippen LogP contribution in [0.3, 0.4) is 0 Å². The molecule has 2 amide bonds. The zero-order chi connectivity index (χ0) is 21.7. The molecular formula is C21H27N3O4S2. The number of benzene rings is 1. The van der Waals surface area contributed by atoms with E-state index in [1.807, 2.05) is 17.5 Å². The number of rotatable bonds is 7. The summed E-state index contributed by atoms with van der Waals surface area (Å²) in [6, 6.07) is 9.58. The molecule has 0 radical (unpaired) electrons. The van der Waals surface area contributed by atoms with Crippen LogP contribution in [0.25, 0.3) is 0 Å². The molecule has 0 bridgehead atoms. The lowest BCUT2D eigenvalue weighted by Gasteiger charge is -2.30. The maximum absolute atomic E-state index is 12.8. The lowest BCUT2D eigenvalue weighted by atomic mass is 10.0. The second-order valence-corrected chi connectivity index (χ2v) is 10.6. The average molecular weight is 450 g/mol. The summed E-state index contributed by atoms with van der Waals surface area (Å²) < 4.78 is 27.2. The van der Waals surface area contributed by atoms with Crippen LogP contribution in [0.2, 0.25) is 0 Å². The zero-order valence-corrected chi connectivity index (χ0v) is 18.8. The van der Waals surface area contributed by atoms with Crippen LogP contribution in [0.15, 0.2) is 46.7 Å². The molecule has 1 aliphatic heterocycles. The highest BCUT2D eigenvalue weighted by molar-refractivity contribution is 7.89. The van der Waals surface area contributed by atoms with E-state index in [0.717, 1.165) is 17.7 Å². The Hall–Kier alpha value is -2.23. The molecule has 2 N–H and O–H groups in total. The molecule has 0 unspecified atom stereocenters. The first kappa shape index (κ1) is 22.5. The van der Waals surface area contributed by atoms with Crippen LogP contribution in [0, 0.1) is 5.92 Å². The number of sulfonamides is 1. The maximum Gasteiger partial charge on any atom is 0.243 e. The number of piperidine rings is 1. The molecule has 0 aliphatic carbocycles. The summed E-state index contributed by atoms with van der Waals surface area (Å²) in [4.78, 5) is 25.1. The Balaban J connectivity index is 1.64. The summed E-state index contributed by atoms with van der Waals surface area (Å²) in [5.41, 5.74) is 0.513. The van der Waals surface area contributed by atoms with E-state index in [1.165, 1.54) is 34.7 Å². The van der Waals surface area contributed by atoms with Crippen LogP contribution < -0.4 is 10.6 Å².